The molecule has 1 heterocycles. The van der Waals surface area contributed by atoms with Crippen molar-refractivity contribution in [1.82, 2.24) is 9.97 Å². The third-order valence-corrected chi connectivity index (χ3v) is 1.31. The third-order valence-electron chi connectivity index (χ3n) is 0.754. The van der Waals surface area contributed by atoms with Crippen LogP contribution >= 0.6 is 23.8 Å². The van der Waals surface area contributed by atoms with Crippen molar-refractivity contribution in [1.29, 1.82) is 0 Å². The van der Waals surface area contributed by atoms with E-state index in [-0.39, 0.29) is 9.79 Å². The lowest BCUT2D eigenvalue weighted by Crippen LogP contribution is -1.85. The Morgan fingerprint density at radius 1 is 1.78 bits per heavy atom. The Morgan fingerprint density at radius 2 is 2.44 bits per heavy atom. The van der Waals surface area contributed by atoms with Crippen molar-refractivity contribution in [2.45, 2.75) is 0 Å². The second-order valence-corrected chi connectivity index (χ2v) is 2.10. The lowest BCUT2D eigenvalue weighted by molar-refractivity contribution is 0.609. The van der Waals surface area contributed by atoms with Gasteiger partial charge in [-0.2, -0.15) is 0 Å². The average molecular weight is 165 g/mol. The van der Waals surface area contributed by atoms with Crippen LogP contribution in [0.15, 0.2) is 6.33 Å². The summed E-state index contributed by atoms with van der Waals surface area (Å²) < 4.78 is 12.3. The molecule has 1 aromatic heterocycles. The van der Waals surface area contributed by atoms with E-state index in [2.05, 4.69) is 22.2 Å². The molecule has 0 aliphatic heterocycles. The average Bonchev–Trinajstić information content (AvgIpc) is 1.83. The number of nitrogens with one attached hydrogen (secondary N) is 1. The molecule has 0 spiro atoms. The van der Waals surface area contributed by atoms with Gasteiger partial charge >= 0.3 is 0 Å². The Hall–Kier alpha value is -0.480. The topological polar surface area (TPSA) is 28.7 Å². The first-order chi connectivity index (χ1) is 4.22. The summed E-state index contributed by atoms with van der Waals surface area (Å²) in [6.07, 6.45) is 1.24. The summed E-state index contributed by atoms with van der Waals surface area (Å²) in [6, 6.07) is 0. The van der Waals surface area contributed by atoms with Crippen molar-refractivity contribution >= 4 is 23.8 Å². The molecule has 0 radical (unpaired) electrons. The van der Waals surface area contributed by atoms with Crippen molar-refractivity contribution in [3.63, 3.8) is 0 Å². The molecule has 1 rings (SSSR count). The second kappa shape index (κ2) is 2.41. The van der Waals surface area contributed by atoms with E-state index in [0.717, 1.165) is 0 Å². The Bertz CT molecular complexity index is 272. The van der Waals surface area contributed by atoms with Crippen LogP contribution in [-0.2, 0) is 0 Å². The Kier molecular flexibility index (Phi) is 1.78. The maximum absolute atomic E-state index is 12.4. The SMILES string of the molecule is Fc1c(Cl)[nH]cnc1=S. The first-order valence-electron chi connectivity index (χ1n) is 2.10. The Morgan fingerprint density at radius 3 is 2.89 bits per heavy atom. The van der Waals surface area contributed by atoms with Gasteiger partial charge in [0.05, 0.1) is 6.33 Å². The number of H-pyrrole nitrogens is 1. The number of hydrogen-bond acceptors (Lipinski definition) is 2. The molecule has 5 heteroatoms. The monoisotopic (exact) mass is 164 g/mol. The lowest BCUT2D eigenvalue weighted by Gasteiger charge is -1.89. The van der Waals surface area contributed by atoms with Gasteiger partial charge < -0.3 is 4.98 Å². The van der Waals surface area contributed by atoms with Crippen LogP contribution in [0.4, 0.5) is 4.39 Å². The van der Waals surface area contributed by atoms with Crippen molar-refractivity contribution in [3.8, 4) is 0 Å². The van der Waals surface area contributed by atoms with Crippen LogP contribution in [0.2, 0.25) is 5.15 Å². The molecule has 0 saturated carbocycles. The number of rotatable bonds is 0. The lowest BCUT2D eigenvalue weighted by atomic mass is 10.6. The molecule has 0 aromatic carbocycles. The van der Waals surface area contributed by atoms with E-state index >= 15 is 0 Å². The van der Waals surface area contributed by atoms with Crippen LogP contribution < -0.4 is 0 Å². The fraction of sp³-hybridized carbons (Fsp3) is 0. The molecule has 0 amide bonds. The summed E-state index contributed by atoms with van der Waals surface area (Å²) in [5.41, 5.74) is 0. The molecule has 48 valence electrons. The molecule has 0 aliphatic rings. The minimum atomic E-state index is -0.672. The third kappa shape index (κ3) is 1.25. The summed E-state index contributed by atoms with van der Waals surface area (Å²) in [5, 5.41) is -0.102. The van der Waals surface area contributed by atoms with Crippen LogP contribution in [0.5, 0.6) is 0 Å². The smallest absolute Gasteiger partial charge is 0.195 e. The van der Waals surface area contributed by atoms with Crippen molar-refractivity contribution in [2.75, 3.05) is 0 Å². The molecule has 0 bridgehead atoms. The number of aromatic nitrogens is 2. The van der Waals surface area contributed by atoms with Crippen LogP contribution in [0.3, 0.4) is 0 Å². The molecule has 1 aromatic rings. The molecule has 0 saturated heterocycles. The first kappa shape index (κ1) is 6.64. The van der Waals surface area contributed by atoms with Crippen LogP contribution in [0.25, 0.3) is 0 Å². The molecule has 0 atom stereocenters. The highest BCUT2D eigenvalue weighted by Gasteiger charge is 1.98. The quantitative estimate of drug-likeness (QED) is 0.469. The molecular formula is C4H2ClFN2S. The predicted octanol–water partition coefficient (Wildman–Crippen LogP) is 1.93. The van der Waals surface area contributed by atoms with Crippen molar-refractivity contribution in [2.24, 2.45) is 0 Å². The first-order valence-corrected chi connectivity index (χ1v) is 2.89. The molecule has 0 fully saturated rings. The van der Waals surface area contributed by atoms with Gasteiger partial charge in [0.15, 0.2) is 10.5 Å². The fourth-order valence-electron chi connectivity index (χ4n) is 0.361. The van der Waals surface area contributed by atoms with E-state index in [4.69, 9.17) is 11.6 Å². The molecule has 1 N–H and O–H groups in total. The van der Waals surface area contributed by atoms with Crippen molar-refractivity contribution < 1.29 is 4.39 Å². The van der Waals surface area contributed by atoms with Crippen molar-refractivity contribution in [3.05, 3.63) is 21.9 Å². The molecule has 0 aliphatic carbocycles. The molecule has 2 nitrogen and oxygen atoms in total. The van der Waals surface area contributed by atoms with E-state index in [1.165, 1.54) is 6.33 Å². The van der Waals surface area contributed by atoms with Gasteiger partial charge in [0.1, 0.15) is 5.15 Å². The summed E-state index contributed by atoms with van der Waals surface area (Å²) in [5.74, 6) is -0.672. The second-order valence-electron chi connectivity index (χ2n) is 1.34. The highest BCUT2D eigenvalue weighted by molar-refractivity contribution is 7.71. The molecular weight excluding hydrogens is 163 g/mol. The normalized spacial score (nSPS) is 9.56. The van der Waals surface area contributed by atoms with Gasteiger partial charge in [-0.25, -0.2) is 9.37 Å². The summed E-state index contributed by atoms with van der Waals surface area (Å²) >= 11 is 9.73. The van der Waals surface area contributed by atoms with Crippen LogP contribution in [0, 0.1) is 10.5 Å². The largest absolute Gasteiger partial charge is 0.334 e. The van der Waals surface area contributed by atoms with Gasteiger partial charge in [0.25, 0.3) is 0 Å². The summed E-state index contributed by atoms with van der Waals surface area (Å²) in [4.78, 5) is 5.79. The highest BCUT2D eigenvalue weighted by atomic mass is 35.5. The number of hydrogen-bond donors (Lipinski definition) is 1. The van der Waals surface area contributed by atoms with Crippen LogP contribution in [0.1, 0.15) is 0 Å². The molecule has 9 heavy (non-hydrogen) atoms. The molecule has 0 unspecified atom stereocenters. The van der Waals surface area contributed by atoms with Gasteiger partial charge in [-0.1, -0.05) is 23.8 Å². The van der Waals surface area contributed by atoms with E-state index in [1.54, 1.807) is 0 Å². The minimum Gasteiger partial charge on any atom is -0.334 e. The van der Waals surface area contributed by atoms with E-state index < -0.39 is 5.82 Å². The highest BCUT2D eigenvalue weighted by Crippen LogP contribution is 2.07. The van der Waals surface area contributed by atoms with Gasteiger partial charge in [-0.15, -0.1) is 0 Å². The number of halogens is 2. The summed E-state index contributed by atoms with van der Waals surface area (Å²) in [7, 11) is 0. The fourth-order valence-corrected chi connectivity index (χ4v) is 0.711. The van der Waals surface area contributed by atoms with E-state index in [9.17, 15) is 4.39 Å². The zero-order valence-electron chi connectivity index (χ0n) is 4.19. The zero-order chi connectivity index (χ0) is 6.85. The maximum Gasteiger partial charge on any atom is 0.195 e. The standard InChI is InChI=1S/C4H2ClFN2S/c5-3-2(6)4(9)8-1-7-3/h1H,(H,7,8,9). The van der Waals surface area contributed by atoms with Gasteiger partial charge in [0.2, 0.25) is 0 Å². The van der Waals surface area contributed by atoms with Gasteiger partial charge in [-0.05, 0) is 0 Å². The maximum atomic E-state index is 12.4. The Labute approximate surface area is 60.7 Å². The summed E-state index contributed by atoms with van der Waals surface area (Å²) in [6.45, 7) is 0. The predicted molar refractivity (Wildman–Crippen MR) is 34.4 cm³/mol. The number of nitrogens with zero attached hydrogens (tertiary/aromatic N) is 1. The van der Waals surface area contributed by atoms with Gasteiger partial charge in [0, 0.05) is 0 Å². The van der Waals surface area contributed by atoms with Gasteiger partial charge in [-0.3, -0.25) is 0 Å². The minimum absolute atomic E-state index is 0.102. The van der Waals surface area contributed by atoms with E-state index in [0.29, 0.717) is 0 Å². The Balaban J connectivity index is 3.43. The van der Waals surface area contributed by atoms with E-state index in [1.807, 2.05) is 0 Å². The van der Waals surface area contributed by atoms with Crippen LogP contribution in [-0.4, -0.2) is 9.97 Å². The zero-order valence-corrected chi connectivity index (χ0v) is 5.76. The number of aromatic amines is 1.